The maximum Gasteiger partial charge on any atom is 0.414 e. The van der Waals surface area contributed by atoms with Gasteiger partial charge < -0.3 is 14.6 Å². The fraction of sp³-hybridized carbons (Fsp3) is 0.308. The predicted octanol–water partition coefficient (Wildman–Crippen LogP) is 6.19. The van der Waals surface area contributed by atoms with Crippen LogP contribution in [0, 0.1) is 0 Å². The number of amides is 1. The Bertz CT molecular complexity index is 1200. The molecule has 0 bridgehead atoms. The maximum atomic E-state index is 13.0. The number of anilines is 1. The lowest BCUT2D eigenvalue weighted by Crippen LogP contribution is -2.36. The van der Waals surface area contributed by atoms with Crippen molar-refractivity contribution < 1.29 is 24.2 Å². The number of hydrogen-bond donors (Lipinski definition) is 1. The van der Waals surface area contributed by atoms with Crippen LogP contribution in [-0.4, -0.2) is 35.2 Å². The molecule has 1 aliphatic heterocycles. The van der Waals surface area contributed by atoms with Gasteiger partial charge in [0, 0.05) is 29.8 Å². The van der Waals surface area contributed by atoms with Crippen LogP contribution in [0.15, 0.2) is 54.6 Å². The number of halogens is 1. The second kappa shape index (κ2) is 8.94. The number of alkyl halides is 1. The van der Waals surface area contributed by atoms with Crippen molar-refractivity contribution in [2.45, 2.75) is 38.9 Å². The third-order valence-electron chi connectivity index (χ3n) is 5.51. The number of fused-ring (bicyclic) bond motifs is 3. The van der Waals surface area contributed by atoms with Crippen LogP contribution in [-0.2, 0) is 11.3 Å². The highest BCUT2D eigenvalue weighted by molar-refractivity contribution is 6.19. The first-order chi connectivity index (χ1) is 15.7. The first kappa shape index (κ1) is 22.9. The van der Waals surface area contributed by atoms with E-state index in [-0.39, 0.29) is 17.4 Å². The second-order valence-electron chi connectivity index (χ2n) is 9.09. The summed E-state index contributed by atoms with van der Waals surface area (Å²) in [5.74, 6) is -0.342. The largest absolute Gasteiger partial charge is 0.488 e. The van der Waals surface area contributed by atoms with Crippen LogP contribution in [0.5, 0.6) is 5.75 Å². The van der Waals surface area contributed by atoms with Gasteiger partial charge in [0.1, 0.15) is 18.0 Å². The number of benzene rings is 3. The fourth-order valence-electron chi connectivity index (χ4n) is 4.07. The van der Waals surface area contributed by atoms with Gasteiger partial charge in [-0.05, 0) is 55.5 Å². The highest BCUT2D eigenvalue weighted by atomic mass is 35.5. The summed E-state index contributed by atoms with van der Waals surface area (Å²) in [4.78, 5) is 26.3. The van der Waals surface area contributed by atoms with E-state index in [4.69, 9.17) is 21.1 Å². The van der Waals surface area contributed by atoms with Gasteiger partial charge in [-0.2, -0.15) is 0 Å². The van der Waals surface area contributed by atoms with Crippen LogP contribution < -0.4 is 9.64 Å². The molecule has 33 heavy (non-hydrogen) atoms. The topological polar surface area (TPSA) is 76.1 Å². The van der Waals surface area contributed by atoms with Crippen molar-refractivity contribution in [1.82, 2.24) is 0 Å². The number of nitrogens with zero attached hydrogens (tertiary/aromatic N) is 1. The van der Waals surface area contributed by atoms with E-state index in [0.29, 0.717) is 30.0 Å². The van der Waals surface area contributed by atoms with Crippen LogP contribution in [0.4, 0.5) is 10.5 Å². The zero-order valence-electron chi connectivity index (χ0n) is 18.8. The van der Waals surface area contributed by atoms with Gasteiger partial charge in [0.05, 0.1) is 11.3 Å². The Morgan fingerprint density at radius 1 is 1.09 bits per heavy atom. The van der Waals surface area contributed by atoms with E-state index in [9.17, 15) is 14.7 Å². The summed E-state index contributed by atoms with van der Waals surface area (Å²) in [6, 6.07) is 16.5. The van der Waals surface area contributed by atoms with Crippen molar-refractivity contribution in [3.8, 4) is 5.75 Å². The maximum absolute atomic E-state index is 13.0. The van der Waals surface area contributed by atoms with Crippen molar-refractivity contribution in [2.24, 2.45) is 0 Å². The van der Waals surface area contributed by atoms with Gasteiger partial charge in [-0.25, -0.2) is 9.59 Å². The number of carboxylic acid groups (broad SMARTS) is 1. The lowest BCUT2D eigenvalue weighted by molar-refractivity contribution is 0.0581. The quantitative estimate of drug-likeness (QED) is 0.452. The molecule has 0 aromatic heterocycles. The Labute approximate surface area is 197 Å². The number of ether oxygens (including phenoxy) is 2. The third kappa shape index (κ3) is 4.76. The van der Waals surface area contributed by atoms with Crippen LogP contribution in [0.1, 0.15) is 48.2 Å². The van der Waals surface area contributed by atoms with Crippen molar-refractivity contribution in [3.63, 3.8) is 0 Å². The summed E-state index contributed by atoms with van der Waals surface area (Å²) in [5.41, 5.74) is 1.97. The van der Waals surface area contributed by atoms with Crippen LogP contribution >= 0.6 is 11.6 Å². The molecule has 0 aliphatic carbocycles. The van der Waals surface area contributed by atoms with E-state index in [2.05, 4.69) is 0 Å². The molecule has 7 heteroatoms. The molecule has 0 fully saturated rings. The molecule has 1 N–H and O–H groups in total. The van der Waals surface area contributed by atoms with Crippen molar-refractivity contribution in [2.75, 3.05) is 17.3 Å². The Morgan fingerprint density at radius 2 is 1.82 bits per heavy atom. The number of rotatable bonds is 5. The van der Waals surface area contributed by atoms with Gasteiger partial charge in [0.15, 0.2) is 0 Å². The average Bonchev–Trinajstić information content (AvgIpc) is 3.15. The van der Waals surface area contributed by atoms with E-state index in [0.717, 1.165) is 16.5 Å². The van der Waals surface area contributed by atoms with Crippen molar-refractivity contribution >= 4 is 40.1 Å². The molecule has 3 aromatic carbocycles. The van der Waals surface area contributed by atoms with Crippen molar-refractivity contribution in [1.29, 1.82) is 0 Å². The minimum absolute atomic E-state index is 0.161. The smallest absolute Gasteiger partial charge is 0.414 e. The molecule has 0 radical (unpaired) electrons. The van der Waals surface area contributed by atoms with E-state index in [1.54, 1.807) is 23.1 Å². The van der Waals surface area contributed by atoms with Gasteiger partial charge in [0.2, 0.25) is 0 Å². The number of carbonyl (C=O) groups is 2. The molecule has 0 spiro atoms. The van der Waals surface area contributed by atoms with Gasteiger partial charge >= 0.3 is 12.1 Å². The summed E-state index contributed by atoms with van der Waals surface area (Å²) >= 11 is 6.30. The monoisotopic (exact) mass is 467 g/mol. The minimum atomic E-state index is -1.02. The molecule has 1 aliphatic rings. The third-order valence-corrected chi connectivity index (χ3v) is 5.88. The zero-order valence-corrected chi connectivity index (χ0v) is 19.6. The number of carboxylic acids is 1. The van der Waals surface area contributed by atoms with Crippen molar-refractivity contribution in [3.05, 3.63) is 71.3 Å². The first-order valence-electron chi connectivity index (χ1n) is 10.7. The molecule has 3 aromatic rings. The van der Waals surface area contributed by atoms with E-state index in [1.807, 2.05) is 57.2 Å². The lowest BCUT2D eigenvalue weighted by Gasteiger charge is -2.25. The Hall–Kier alpha value is -3.25. The molecule has 1 atom stereocenters. The predicted molar refractivity (Wildman–Crippen MR) is 129 cm³/mol. The molecule has 172 valence electrons. The molecular weight excluding hydrogens is 442 g/mol. The normalized spacial score (nSPS) is 15.4. The second-order valence-corrected chi connectivity index (χ2v) is 9.40. The SMILES string of the molecule is CC(C)(C)OC(=O)N1CC(CCl)c2c1cc(OCc1ccccc1)c1ccc(C(=O)O)cc21. The number of hydrogen-bond acceptors (Lipinski definition) is 4. The molecular formula is C26H26ClNO5. The molecule has 1 unspecified atom stereocenters. The van der Waals surface area contributed by atoms with Gasteiger partial charge in [0.25, 0.3) is 0 Å². The zero-order chi connectivity index (χ0) is 23.8. The molecule has 1 amide bonds. The van der Waals surface area contributed by atoms with Gasteiger partial charge in [-0.3, -0.25) is 4.90 Å². The highest BCUT2D eigenvalue weighted by Gasteiger charge is 2.37. The standard InChI is InChI=1S/C26H26ClNO5/c1-26(2,3)33-25(31)28-14-18(13-27)23-20-11-17(24(29)30)9-10-19(20)22(12-21(23)28)32-15-16-7-5-4-6-8-16/h4-12,18H,13-15H2,1-3H3,(H,29,30). The van der Waals surface area contributed by atoms with Crippen LogP contribution in [0.2, 0.25) is 0 Å². The summed E-state index contributed by atoms with van der Waals surface area (Å²) in [6.07, 6.45) is -0.473. The Kier molecular flexibility index (Phi) is 6.21. The van der Waals surface area contributed by atoms with Gasteiger partial charge in [-0.1, -0.05) is 30.3 Å². The van der Waals surface area contributed by atoms with E-state index < -0.39 is 17.7 Å². The molecule has 0 saturated carbocycles. The van der Waals surface area contributed by atoms with E-state index in [1.165, 1.54) is 0 Å². The Balaban J connectivity index is 1.85. The molecule has 0 saturated heterocycles. The summed E-state index contributed by atoms with van der Waals surface area (Å²) in [7, 11) is 0. The van der Waals surface area contributed by atoms with Crippen LogP contribution in [0.25, 0.3) is 10.8 Å². The molecule has 6 nitrogen and oxygen atoms in total. The number of aromatic carboxylic acids is 1. The summed E-state index contributed by atoms with van der Waals surface area (Å²) < 4.78 is 11.8. The summed E-state index contributed by atoms with van der Waals surface area (Å²) in [5, 5.41) is 11.1. The Morgan fingerprint density at radius 3 is 2.45 bits per heavy atom. The van der Waals surface area contributed by atoms with E-state index >= 15 is 0 Å². The minimum Gasteiger partial charge on any atom is -0.488 e. The molecule has 1 heterocycles. The molecule has 4 rings (SSSR count). The lowest BCUT2D eigenvalue weighted by atomic mass is 9.94. The number of carbonyl (C=O) groups excluding carboxylic acids is 1. The average molecular weight is 468 g/mol. The highest BCUT2D eigenvalue weighted by Crippen LogP contribution is 2.46. The fourth-order valence-corrected chi connectivity index (χ4v) is 4.32. The van der Waals surface area contributed by atoms with Gasteiger partial charge in [-0.15, -0.1) is 11.6 Å². The first-order valence-corrected chi connectivity index (χ1v) is 11.3. The van der Waals surface area contributed by atoms with Crippen LogP contribution in [0.3, 0.4) is 0 Å². The summed E-state index contributed by atoms with van der Waals surface area (Å²) in [6.45, 7) is 6.13.